The van der Waals surface area contributed by atoms with E-state index in [1.165, 1.54) is 8.82 Å². The highest BCUT2D eigenvalue weighted by Gasteiger charge is 2.25. The van der Waals surface area contributed by atoms with Crippen molar-refractivity contribution in [2.45, 2.75) is 12.8 Å². The van der Waals surface area contributed by atoms with E-state index in [0.29, 0.717) is 18.8 Å². The Morgan fingerprint density at radius 3 is 2.77 bits per heavy atom. The zero-order valence-corrected chi connectivity index (χ0v) is 12.9. The van der Waals surface area contributed by atoms with Crippen molar-refractivity contribution >= 4 is 21.4 Å². The van der Waals surface area contributed by atoms with Crippen molar-refractivity contribution in [2.24, 2.45) is 0 Å². The highest BCUT2D eigenvalue weighted by atomic mass is 32.2. The van der Waals surface area contributed by atoms with Gasteiger partial charge in [0, 0.05) is 19.6 Å². The van der Waals surface area contributed by atoms with Crippen molar-refractivity contribution in [3.05, 3.63) is 36.2 Å². The van der Waals surface area contributed by atoms with Gasteiger partial charge in [-0.2, -0.15) is 5.10 Å². The molecule has 7 nitrogen and oxygen atoms in total. The monoisotopic (exact) mass is 322 g/mol. The lowest BCUT2D eigenvalue weighted by Crippen LogP contribution is -2.36. The third-order valence-electron chi connectivity index (χ3n) is 3.76. The molecule has 8 heteroatoms. The summed E-state index contributed by atoms with van der Waals surface area (Å²) < 4.78 is 27.2. The molecule has 0 unspecified atom stereocenters. The predicted octanol–water partition coefficient (Wildman–Crippen LogP) is 0.490. The molecule has 0 spiro atoms. The van der Waals surface area contributed by atoms with Crippen LogP contribution in [0.1, 0.15) is 23.3 Å². The normalized spacial score (nSPS) is 16.2. The van der Waals surface area contributed by atoms with Crippen LogP contribution in [-0.2, 0) is 10.0 Å². The van der Waals surface area contributed by atoms with Gasteiger partial charge in [0.15, 0.2) is 0 Å². The third-order valence-corrected chi connectivity index (χ3v) is 5.63. The lowest BCUT2D eigenvalue weighted by atomic mass is 10.3. The first-order valence-electron chi connectivity index (χ1n) is 7.27. The van der Waals surface area contributed by atoms with Gasteiger partial charge in [-0.15, -0.1) is 0 Å². The molecule has 0 bridgehead atoms. The summed E-state index contributed by atoms with van der Waals surface area (Å²) in [6.07, 6.45) is 3.43. The molecule has 1 aliphatic rings. The smallest absolute Gasteiger partial charge is 0.269 e. The molecule has 2 aromatic heterocycles. The van der Waals surface area contributed by atoms with Crippen LogP contribution in [0.5, 0.6) is 0 Å². The number of pyridine rings is 1. The van der Waals surface area contributed by atoms with Gasteiger partial charge in [0.1, 0.15) is 5.69 Å². The van der Waals surface area contributed by atoms with Gasteiger partial charge < -0.3 is 5.32 Å². The topological polar surface area (TPSA) is 83.8 Å². The molecular weight excluding hydrogens is 304 g/mol. The standard InChI is InChI=1S/C14H18N4O3S/c19-14(13-5-3-4-12-6-7-16-18(12)13)15-8-11-22(20,21)17-9-1-2-10-17/h3-7H,1-2,8-11H2,(H,15,19). The number of rotatable bonds is 5. The van der Waals surface area contributed by atoms with Gasteiger partial charge in [-0.3, -0.25) is 4.79 Å². The Hall–Kier alpha value is -1.93. The molecule has 1 saturated heterocycles. The number of nitrogens with zero attached hydrogens (tertiary/aromatic N) is 3. The average Bonchev–Trinajstić information content (AvgIpc) is 3.17. The van der Waals surface area contributed by atoms with E-state index < -0.39 is 10.0 Å². The van der Waals surface area contributed by atoms with Crippen LogP contribution in [0.25, 0.3) is 5.52 Å². The van der Waals surface area contributed by atoms with Gasteiger partial charge in [-0.25, -0.2) is 17.2 Å². The lowest BCUT2D eigenvalue weighted by molar-refractivity contribution is 0.0948. The fraction of sp³-hybridized carbons (Fsp3) is 0.429. The average molecular weight is 322 g/mol. The fourth-order valence-electron chi connectivity index (χ4n) is 2.60. The quantitative estimate of drug-likeness (QED) is 0.868. The maximum absolute atomic E-state index is 12.2. The van der Waals surface area contributed by atoms with Crippen LogP contribution in [0, 0.1) is 0 Å². The largest absolute Gasteiger partial charge is 0.350 e. The predicted molar refractivity (Wildman–Crippen MR) is 82.1 cm³/mol. The second-order valence-electron chi connectivity index (χ2n) is 5.26. The molecule has 0 atom stereocenters. The molecule has 1 aliphatic heterocycles. The molecule has 118 valence electrons. The van der Waals surface area contributed by atoms with Crippen molar-refractivity contribution in [1.29, 1.82) is 0 Å². The second kappa shape index (κ2) is 6.05. The summed E-state index contributed by atoms with van der Waals surface area (Å²) in [6, 6.07) is 7.08. The summed E-state index contributed by atoms with van der Waals surface area (Å²) in [6.45, 7) is 1.26. The number of hydrogen-bond acceptors (Lipinski definition) is 4. The van der Waals surface area contributed by atoms with Crippen molar-refractivity contribution in [3.8, 4) is 0 Å². The lowest BCUT2D eigenvalue weighted by Gasteiger charge is -2.15. The number of sulfonamides is 1. The van der Waals surface area contributed by atoms with Crippen molar-refractivity contribution in [2.75, 3.05) is 25.4 Å². The van der Waals surface area contributed by atoms with Gasteiger partial charge in [-0.1, -0.05) is 6.07 Å². The molecule has 22 heavy (non-hydrogen) atoms. The molecular formula is C14H18N4O3S. The molecule has 0 aromatic carbocycles. The fourth-order valence-corrected chi connectivity index (χ4v) is 4.03. The molecule has 0 aliphatic carbocycles. The molecule has 0 saturated carbocycles. The van der Waals surface area contributed by atoms with E-state index in [4.69, 9.17) is 0 Å². The van der Waals surface area contributed by atoms with Crippen LogP contribution in [-0.4, -0.2) is 53.6 Å². The summed E-state index contributed by atoms with van der Waals surface area (Å²) >= 11 is 0. The second-order valence-corrected chi connectivity index (χ2v) is 7.35. The van der Waals surface area contributed by atoms with E-state index in [1.807, 2.05) is 6.07 Å². The SMILES string of the molecule is O=C(NCCS(=O)(=O)N1CCCC1)c1cccc2ccnn12. The first-order valence-corrected chi connectivity index (χ1v) is 8.88. The number of nitrogens with one attached hydrogen (secondary N) is 1. The first kappa shape index (κ1) is 15.0. The van der Waals surface area contributed by atoms with E-state index >= 15 is 0 Å². The Labute approximate surface area is 129 Å². The number of fused-ring (bicyclic) bond motifs is 1. The van der Waals surface area contributed by atoms with Gasteiger partial charge >= 0.3 is 0 Å². The Morgan fingerprint density at radius 2 is 2.00 bits per heavy atom. The summed E-state index contributed by atoms with van der Waals surface area (Å²) in [5.74, 6) is -0.403. The number of carbonyl (C=O) groups is 1. The number of carbonyl (C=O) groups excluding carboxylic acids is 1. The molecule has 3 rings (SSSR count). The third kappa shape index (κ3) is 2.97. The number of hydrogen-bond donors (Lipinski definition) is 1. The minimum absolute atomic E-state index is 0.0756. The Morgan fingerprint density at radius 1 is 1.23 bits per heavy atom. The molecule has 1 N–H and O–H groups in total. The highest BCUT2D eigenvalue weighted by Crippen LogP contribution is 2.12. The van der Waals surface area contributed by atoms with Crippen LogP contribution in [0.15, 0.2) is 30.5 Å². The van der Waals surface area contributed by atoms with Crippen LogP contribution in [0.3, 0.4) is 0 Å². The Kier molecular flexibility index (Phi) is 4.12. The Balaban J connectivity index is 1.62. The Bertz CT molecular complexity index is 778. The zero-order valence-electron chi connectivity index (χ0n) is 12.1. The molecule has 3 heterocycles. The summed E-state index contributed by atoms with van der Waals surface area (Å²) in [5, 5.41) is 6.74. The van der Waals surface area contributed by atoms with Gasteiger partial charge in [0.2, 0.25) is 10.0 Å². The van der Waals surface area contributed by atoms with E-state index in [0.717, 1.165) is 18.4 Å². The molecule has 0 radical (unpaired) electrons. The summed E-state index contributed by atoms with van der Waals surface area (Å²) in [7, 11) is -3.27. The minimum Gasteiger partial charge on any atom is -0.350 e. The molecule has 1 fully saturated rings. The van der Waals surface area contributed by atoms with Crippen LogP contribution < -0.4 is 5.32 Å². The van der Waals surface area contributed by atoms with Crippen LogP contribution in [0.4, 0.5) is 0 Å². The maximum atomic E-state index is 12.2. The van der Waals surface area contributed by atoms with E-state index in [-0.39, 0.29) is 18.2 Å². The van der Waals surface area contributed by atoms with E-state index in [2.05, 4.69) is 10.4 Å². The van der Waals surface area contributed by atoms with Gasteiger partial charge in [0.05, 0.1) is 17.5 Å². The van der Waals surface area contributed by atoms with Gasteiger partial charge in [0.25, 0.3) is 5.91 Å². The first-order chi connectivity index (χ1) is 10.6. The van der Waals surface area contributed by atoms with E-state index in [9.17, 15) is 13.2 Å². The van der Waals surface area contributed by atoms with E-state index in [1.54, 1.807) is 24.4 Å². The number of amides is 1. The minimum atomic E-state index is -3.27. The zero-order chi connectivity index (χ0) is 15.6. The van der Waals surface area contributed by atoms with Crippen molar-refractivity contribution in [1.82, 2.24) is 19.2 Å². The number of aromatic nitrogens is 2. The van der Waals surface area contributed by atoms with Crippen molar-refractivity contribution in [3.63, 3.8) is 0 Å². The molecule has 2 aromatic rings. The van der Waals surface area contributed by atoms with Crippen molar-refractivity contribution < 1.29 is 13.2 Å². The highest BCUT2D eigenvalue weighted by molar-refractivity contribution is 7.89. The molecule has 1 amide bonds. The maximum Gasteiger partial charge on any atom is 0.269 e. The van der Waals surface area contributed by atoms with Crippen LogP contribution >= 0.6 is 0 Å². The van der Waals surface area contributed by atoms with Crippen LogP contribution in [0.2, 0.25) is 0 Å². The summed E-state index contributed by atoms with van der Waals surface area (Å²) in [5.41, 5.74) is 1.21. The summed E-state index contributed by atoms with van der Waals surface area (Å²) in [4.78, 5) is 12.2. The van der Waals surface area contributed by atoms with Gasteiger partial charge in [-0.05, 0) is 31.0 Å².